The van der Waals surface area contributed by atoms with E-state index < -0.39 is 21.8 Å². The summed E-state index contributed by atoms with van der Waals surface area (Å²) >= 11 is 0. The van der Waals surface area contributed by atoms with Crippen molar-refractivity contribution in [2.75, 3.05) is 13.1 Å². The van der Waals surface area contributed by atoms with Gasteiger partial charge in [0.15, 0.2) is 0 Å². The Labute approximate surface area is 140 Å². The summed E-state index contributed by atoms with van der Waals surface area (Å²) in [5.41, 5.74) is 0.435. The highest BCUT2D eigenvalue weighted by molar-refractivity contribution is 7.90. The van der Waals surface area contributed by atoms with E-state index in [9.17, 15) is 17.6 Å². The number of hydrogen-bond donors (Lipinski definition) is 2. The van der Waals surface area contributed by atoms with Crippen LogP contribution < -0.4 is 10.0 Å². The molecule has 1 aliphatic rings. The van der Waals surface area contributed by atoms with E-state index in [-0.39, 0.29) is 17.0 Å². The number of allylic oxidation sites excluding steroid dienone is 1. The number of carbonyl (C=O) groups is 1. The number of aliphatic imine (C=N–C) groups is 1. The minimum Gasteiger partial charge on any atom is -0.352 e. The van der Waals surface area contributed by atoms with Crippen molar-refractivity contribution in [1.82, 2.24) is 10.0 Å². The summed E-state index contributed by atoms with van der Waals surface area (Å²) < 4.78 is 39.2. The molecule has 1 amide bonds. The second-order valence-corrected chi connectivity index (χ2v) is 6.70. The third-order valence-electron chi connectivity index (χ3n) is 3.38. The number of sulfonamides is 1. The monoisotopic (exact) mass is 351 g/mol. The zero-order valence-electron chi connectivity index (χ0n) is 13.2. The van der Waals surface area contributed by atoms with Gasteiger partial charge in [-0.05, 0) is 25.5 Å². The predicted molar refractivity (Wildman–Crippen MR) is 89.8 cm³/mol. The van der Waals surface area contributed by atoms with E-state index in [1.54, 1.807) is 25.1 Å². The summed E-state index contributed by atoms with van der Waals surface area (Å²) in [7, 11) is -3.54. The number of halogens is 1. The maximum atomic E-state index is 13.0. The standard InChI is InChI=1S/C16H18FN3O3S/c1-3-12(11(2)17)16(21)19-10-6-9-18-15-13-7-4-5-8-14(13)24(22,23)20-15/h3-5,7-8H,2,6,9-10H2,1H3,(H,18,20)(H,19,21)/b12-3+. The minimum absolute atomic E-state index is 0.0983. The second kappa shape index (κ2) is 7.39. The van der Waals surface area contributed by atoms with E-state index in [1.807, 2.05) is 0 Å². The summed E-state index contributed by atoms with van der Waals surface area (Å²) in [6.07, 6.45) is 1.83. The SMILES string of the molecule is C=C(F)/C(=C\C)C(=O)NCCCN=C1NS(=O)(=O)c2ccccc21. The van der Waals surface area contributed by atoms with Crippen LogP contribution >= 0.6 is 0 Å². The smallest absolute Gasteiger partial charge is 0.263 e. The number of amides is 1. The van der Waals surface area contributed by atoms with Gasteiger partial charge >= 0.3 is 0 Å². The Hall–Kier alpha value is -2.48. The van der Waals surface area contributed by atoms with Gasteiger partial charge in [0, 0.05) is 18.7 Å². The molecule has 2 rings (SSSR count). The van der Waals surface area contributed by atoms with Crippen LogP contribution in [-0.4, -0.2) is 33.3 Å². The van der Waals surface area contributed by atoms with Crippen LogP contribution in [0.4, 0.5) is 4.39 Å². The van der Waals surface area contributed by atoms with Crippen LogP contribution in [-0.2, 0) is 14.8 Å². The molecule has 0 unspecified atom stereocenters. The van der Waals surface area contributed by atoms with Crippen molar-refractivity contribution >= 4 is 21.8 Å². The first-order valence-electron chi connectivity index (χ1n) is 7.33. The summed E-state index contributed by atoms with van der Waals surface area (Å²) in [4.78, 5) is 16.1. The maximum Gasteiger partial charge on any atom is 0.263 e. The Morgan fingerprint density at radius 2 is 2.12 bits per heavy atom. The van der Waals surface area contributed by atoms with Crippen molar-refractivity contribution in [2.45, 2.75) is 18.2 Å². The average molecular weight is 351 g/mol. The van der Waals surface area contributed by atoms with E-state index in [1.165, 1.54) is 12.1 Å². The highest BCUT2D eigenvalue weighted by Crippen LogP contribution is 2.22. The highest BCUT2D eigenvalue weighted by atomic mass is 32.2. The number of nitrogens with one attached hydrogen (secondary N) is 2. The Morgan fingerprint density at radius 3 is 2.79 bits per heavy atom. The van der Waals surface area contributed by atoms with Gasteiger partial charge in [0.25, 0.3) is 15.9 Å². The summed E-state index contributed by atoms with van der Waals surface area (Å²) in [5.74, 6) is -1.03. The Bertz CT molecular complexity index is 829. The van der Waals surface area contributed by atoms with Gasteiger partial charge in [0.05, 0.1) is 10.5 Å². The molecule has 128 valence electrons. The first kappa shape index (κ1) is 17.9. The molecule has 0 bridgehead atoms. The molecule has 0 radical (unpaired) electrons. The van der Waals surface area contributed by atoms with Crippen LogP contribution in [0, 0.1) is 0 Å². The third kappa shape index (κ3) is 3.88. The number of benzene rings is 1. The Morgan fingerprint density at radius 1 is 1.42 bits per heavy atom. The van der Waals surface area contributed by atoms with E-state index in [2.05, 4.69) is 21.6 Å². The molecule has 1 heterocycles. The lowest BCUT2D eigenvalue weighted by Gasteiger charge is -2.05. The molecule has 0 fully saturated rings. The number of carbonyl (C=O) groups excluding carboxylic acids is 1. The number of nitrogens with zero attached hydrogens (tertiary/aromatic N) is 1. The van der Waals surface area contributed by atoms with Gasteiger partial charge in [0.1, 0.15) is 11.7 Å². The summed E-state index contributed by atoms with van der Waals surface area (Å²) in [5, 5.41) is 2.56. The molecule has 0 spiro atoms. The van der Waals surface area contributed by atoms with Crippen molar-refractivity contribution in [3.05, 3.63) is 53.9 Å². The fourth-order valence-corrected chi connectivity index (χ4v) is 3.48. The zero-order valence-corrected chi connectivity index (χ0v) is 14.0. The first-order chi connectivity index (χ1) is 11.4. The van der Waals surface area contributed by atoms with Crippen molar-refractivity contribution in [3.8, 4) is 0 Å². The number of rotatable bonds is 6. The molecule has 8 heteroatoms. The molecule has 6 nitrogen and oxygen atoms in total. The fourth-order valence-electron chi connectivity index (χ4n) is 2.23. The van der Waals surface area contributed by atoms with Crippen LogP contribution in [0.5, 0.6) is 0 Å². The van der Waals surface area contributed by atoms with Crippen molar-refractivity contribution in [3.63, 3.8) is 0 Å². The third-order valence-corrected chi connectivity index (χ3v) is 4.78. The van der Waals surface area contributed by atoms with Gasteiger partial charge in [-0.15, -0.1) is 0 Å². The quantitative estimate of drug-likeness (QED) is 0.464. The van der Waals surface area contributed by atoms with Gasteiger partial charge in [-0.2, -0.15) is 0 Å². The molecule has 0 saturated heterocycles. The lowest BCUT2D eigenvalue weighted by molar-refractivity contribution is -0.117. The molecule has 24 heavy (non-hydrogen) atoms. The van der Waals surface area contributed by atoms with Crippen molar-refractivity contribution in [1.29, 1.82) is 0 Å². The lowest BCUT2D eigenvalue weighted by atomic mass is 10.2. The summed E-state index contributed by atoms with van der Waals surface area (Å²) in [6, 6.07) is 6.58. The van der Waals surface area contributed by atoms with Crippen molar-refractivity contribution < 1.29 is 17.6 Å². The molecule has 0 atom stereocenters. The van der Waals surface area contributed by atoms with Gasteiger partial charge in [-0.3, -0.25) is 14.5 Å². The molecular formula is C16H18FN3O3S. The predicted octanol–water partition coefficient (Wildman–Crippen LogP) is 1.66. The number of fused-ring (bicyclic) bond motifs is 1. The zero-order chi connectivity index (χ0) is 17.7. The van der Waals surface area contributed by atoms with E-state index in [0.29, 0.717) is 24.4 Å². The molecule has 1 aromatic carbocycles. The van der Waals surface area contributed by atoms with Gasteiger partial charge in [0.2, 0.25) is 0 Å². The molecule has 2 N–H and O–H groups in total. The Balaban J connectivity index is 1.90. The normalized spacial score (nSPS) is 17.2. The highest BCUT2D eigenvalue weighted by Gasteiger charge is 2.29. The topological polar surface area (TPSA) is 87.6 Å². The average Bonchev–Trinajstić information content (AvgIpc) is 2.79. The van der Waals surface area contributed by atoms with Crippen LogP contribution in [0.15, 0.2) is 58.2 Å². The Kier molecular flexibility index (Phi) is 5.50. The first-order valence-corrected chi connectivity index (χ1v) is 8.81. The van der Waals surface area contributed by atoms with E-state index >= 15 is 0 Å². The molecule has 0 saturated carbocycles. The van der Waals surface area contributed by atoms with Crippen molar-refractivity contribution in [2.24, 2.45) is 4.99 Å². The molecule has 0 aromatic heterocycles. The van der Waals surface area contributed by atoms with E-state index in [0.717, 1.165) is 0 Å². The second-order valence-electron chi connectivity index (χ2n) is 5.05. The number of hydrogen-bond acceptors (Lipinski definition) is 4. The van der Waals surface area contributed by atoms with E-state index in [4.69, 9.17) is 0 Å². The molecule has 0 aliphatic carbocycles. The molecular weight excluding hydrogens is 333 g/mol. The summed E-state index contributed by atoms with van der Waals surface area (Å²) in [6.45, 7) is 5.25. The molecule has 1 aromatic rings. The minimum atomic E-state index is -3.54. The largest absolute Gasteiger partial charge is 0.352 e. The van der Waals surface area contributed by atoms with Gasteiger partial charge in [-0.25, -0.2) is 12.8 Å². The number of amidine groups is 1. The molecule has 1 aliphatic heterocycles. The van der Waals surface area contributed by atoms with Gasteiger partial charge < -0.3 is 5.32 Å². The fraction of sp³-hybridized carbons (Fsp3) is 0.250. The van der Waals surface area contributed by atoms with Gasteiger partial charge in [-0.1, -0.05) is 24.8 Å². The maximum absolute atomic E-state index is 13.0. The van der Waals surface area contributed by atoms with Crippen LogP contribution in [0.25, 0.3) is 0 Å². The van der Waals surface area contributed by atoms with Crippen LogP contribution in [0.2, 0.25) is 0 Å². The van der Waals surface area contributed by atoms with Crippen LogP contribution in [0.1, 0.15) is 18.9 Å². The lowest BCUT2D eigenvalue weighted by Crippen LogP contribution is -2.27. The van der Waals surface area contributed by atoms with Crippen LogP contribution in [0.3, 0.4) is 0 Å².